The van der Waals surface area contributed by atoms with Crippen molar-refractivity contribution in [2.75, 3.05) is 5.32 Å². The van der Waals surface area contributed by atoms with E-state index < -0.39 is 5.91 Å². The second-order valence-corrected chi connectivity index (χ2v) is 5.47. The largest absolute Gasteiger partial charge is 0.331 e. The highest BCUT2D eigenvalue weighted by atomic mass is 35.5. The summed E-state index contributed by atoms with van der Waals surface area (Å²) in [6.45, 7) is 0. The predicted octanol–water partition coefficient (Wildman–Crippen LogP) is 3.26. The van der Waals surface area contributed by atoms with Crippen LogP contribution in [-0.4, -0.2) is 11.0 Å². The first-order valence-electron chi connectivity index (χ1n) is 6.88. The third-order valence-corrected chi connectivity index (χ3v) is 3.32. The van der Waals surface area contributed by atoms with Crippen LogP contribution in [0.25, 0.3) is 6.08 Å². The molecule has 0 spiro atoms. The molecule has 0 heterocycles. The standard InChI is InChI=1S/C17H13ClN4OS/c18-14-8-6-12(7-9-14)10-13(11-19)16(23)21-22-17(24)20-15-4-2-1-3-5-15/h1-10H,(H,21,23)(H2,20,22,24)/b13-10+. The van der Waals surface area contributed by atoms with Gasteiger partial charge in [0, 0.05) is 10.7 Å². The van der Waals surface area contributed by atoms with Crippen LogP contribution in [0.15, 0.2) is 60.2 Å². The number of hydrogen-bond acceptors (Lipinski definition) is 3. The first-order valence-corrected chi connectivity index (χ1v) is 7.67. The Hall–Kier alpha value is -2.88. The minimum atomic E-state index is -0.593. The summed E-state index contributed by atoms with van der Waals surface area (Å²) in [5, 5.41) is 12.8. The van der Waals surface area contributed by atoms with Crippen LogP contribution < -0.4 is 16.2 Å². The zero-order chi connectivity index (χ0) is 17.4. The van der Waals surface area contributed by atoms with Crippen molar-refractivity contribution in [2.24, 2.45) is 0 Å². The number of thiocarbonyl (C=S) groups is 1. The maximum absolute atomic E-state index is 12.0. The van der Waals surface area contributed by atoms with Gasteiger partial charge in [-0.2, -0.15) is 5.26 Å². The van der Waals surface area contributed by atoms with E-state index in [-0.39, 0.29) is 10.7 Å². The van der Waals surface area contributed by atoms with Gasteiger partial charge in [-0.15, -0.1) is 0 Å². The summed E-state index contributed by atoms with van der Waals surface area (Å²) in [6.07, 6.45) is 1.46. The molecule has 24 heavy (non-hydrogen) atoms. The highest BCUT2D eigenvalue weighted by Crippen LogP contribution is 2.12. The highest BCUT2D eigenvalue weighted by Gasteiger charge is 2.09. The third kappa shape index (κ3) is 5.39. The molecule has 5 nitrogen and oxygen atoms in total. The van der Waals surface area contributed by atoms with Crippen molar-refractivity contribution >= 4 is 46.6 Å². The van der Waals surface area contributed by atoms with Crippen LogP contribution in [0.5, 0.6) is 0 Å². The van der Waals surface area contributed by atoms with E-state index >= 15 is 0 Å². The molecule has 0 aromatic heterocycles. The van der Waals surface area contributed by atoms with E-state index in [2.05, 4.69) is 16.2 Å². The molecule has 0 aliphatic carbocycles. The quantitative estimate of drug-likeness (QED) is 0.340. The minimum Gasteiger partial charge on any atom is -0.331 e. The Morgan fingerprint density at radius 1 is 1.08 bits per heavy atom. The van der Waals surface area contributed by atoms with Gasteiger partial charge >= 0.3 is 0 Å². The lowest BCUT2D eigenvalue weighted by atomic mass is 10.1. The number of halogens is 1. The number of carbonyl (C=O) groups is 1. The summed E-state index contributed by atoms with van der Waals surface area (Å²) >= 11 is 10.9. The Bertz CT molecular complexity index is 798. The molecule has 2 aromatic rings. The number of rotatable bonds is 3. The van der Waals surface area contributed by atoms with Crippen molar-refractivity contribution in [3.63, 3.8) is 0 Å². The van der Waals surface area contributed by atoms with Gasteiger partial charge in [-0.1, -0.05) is 41.9 Å². The molecule has 3 N–H and O–H groups in total. The van der Waals surface area contributed by atoms with Gasteiger partial charge in [-0.05, 0) is 48.1 Å². The maximum atomic E-state index is 12.0. The van der Waals surface area contributed by atoms with Gasteiger partial charge in [-0.25, -0.2) is 0 Å². The summed E-state index contributed by atoms with van der Waals surface area (Å²) in [6, 6.07) is 17.9. The van der Waals surface area contributed by atoms with E-state index in [0.717, 1.165) is 5.69 Å². The average molecular weight is 357 g/mol. The number of nitriles is 1. The zero-order valence-electron chi connectivity index (χ0n) is 12.4. The number of hydrazine groups is 1. The fourth-order valence-electron chi connectivity index (χ4n) is 1.74. The summed E-state index contributed by atoms with van der Waals surface area (Å²) in [4.78, 5) is 12.0. The second kappa shape index (κ2) is 8.67. The molecule has 0 saturated heterocycles. The fourth-order valence-corrected chi connectivity index (χ4v) is 2.03. The van der Waals surface area contributed by atoms with Gasteiger partial charge in [0.1, 0.15) is 11.6 Å². The molecule has 0 radical (unpaired) electrons. The average Bonchev–Trinajstić information content (AvgIpc) is 2.60. The maximum Gasteiger partial charge on any atom is 0.280 e. The topological polar surface area (TPSA) is 77.0 Å². The van der Waals surface area contributed by atoms with Crippen LogP contribution >= 0.6 is 23.8 Å². The Balaban J connectivity index is 1.93. The van der Waals surface area contributed by atoms with Crippen LogP contribution in [0.2, 0.25) is 5.02 Å². The number of amides is 1. The van der Waals surface area contributed by atoms with E-state index in [1.807, 2.05) is 36.4 Å². The fraction of sp³-hybridized carbons (Fsp3) is 0. The van der Waals surface area contributed by atoms with Gasteiger partial charge < -0.3 is 5.32 Å². The van der Waals surface area contributed by atoms with Crippen molar-refractivity contribution in [1.82, 2.24) is 10.9 Å². The van der Waals surface area contributed by atoms with Gasteiger partial charge in [0.05, 0.1) is 0 Å². The summed E-state index contributed by atoms with van der Waals surface area (Å²) in [5.41, 5.74) is 6.33. The Labute approximate surface area is 149 Å². The normalized spacial score (nSPS) is 10.4. The lowest BCUT2D eigenvalue weighted by molar-refractivity contribution is -0.117. The number of nitrogens with zero attached hydrogens (tertiary/aromatic N) is 1. The van der Waals surface area contributed by atoms with E-state index in [9.17, 15) is 4.79 Å². The van der Waals surface area contributed by atoms with E-state index in [0.29, 0.717) is 10.6 Å². The Morgan fingerprint density at radius 3 is 2.38 bits per heavy atom. The van der Waals surface area contributed by atoms with Crippen molar-refractivity contribution in [2.45, 2.75) is 0 Å². The first kappa shape index (κ1) is 17.5. The molecule has 0 fully saturated rings. The van der Waals surface area contributed by atoms with Crippen LogP contribution in [-0.2, 0) is 4.79 Å². The Kier molecular flexibility index (Phi) is 6.32. The number of para-hydroxylation sites is 1. The molecule has 0 saturated carbocycles. The van der Waals surface area contributed by atoms with Crippen LogP contribution in [0.1, 0.15) is 5.56 Å². The number of hydrogen-bond donors (Lipinski definition) is 3. The predicted molar refractivity (Wildman–Crippen MR) is 99.0 cm³/mol. The van der Waals surface area contributed by atoms with Crippen molar-refractivity contribution in [1.29, 1.82) is 5.26 Å². The van der Waals surface area contributed by atoms with Crippen LogP contribution in [0.4, 0.5) is 5.69 Å². The molecule has 2 rings (SSSR count). The molecule has 120 valence electrons. The lowest BCUT2D eigenvalue weighted by Crippen LogP contribution is -2.44. The van der Waals surface area contributed by atoms with Crippen molar-refractivity contribution < 1.29 is 4.79 Å². The van der Waals surface area contributed by atoms with Crippen molar-refractivity contribution in [3.05, 3.63) is 70.8 Å². The number of nitrogens with one attached hydrogen (secondary N) is 3. The second-order valence-electron chi connectivity index (χ2n) is 4.62. The minimum absolute atomic E-state index is 0.0627. The molecule has 2 aromatic carbocycles. The Morgan fingerprint density at radius 2 is 1.75 bits per heavy atom. The van der Waals surface area contributed by atoms with Gasteiger partial charge in [-0.3, -0.25) is 15.6 Å². The zero-order valence-corrected chi connectivity index (χ0v) is 14.0. The third-order valence-electron chi connectivity index (χ3n) is 2.87. The molecule has 1 amide bonds. The summed E-state index contributed by atoms with van der Waals surface area (Å²) < 4.78 is 0. The van der Waals surface area contributed by atoms with Gasteiger partial charge in [0.15, 0.2) is 5.11 Å². The SMILES string of the molecule is N#C/C(=C\c1ccc(Cl)cc1)C(=O)NNC(=S)Nc1ccccc1. The lowest BCUT2D eigenvalue weighted by Gasteiger charge is -2.11. The van der Waals surface area contributed by atoms with Gasteiger partial charge in [0.25, 0.3) is 5.91 Å². The molecular weight excluding hydrogens is 344 g/mol. The van der Waals surface area contributed by atoms with E-state index in [1.165, 1.54) is 6.08 Å². The van der Waals surface area contributed by atoms with Gasteiger partial charge in [0.2, 0.25) is 0 Å². The molecule has 0 aliphatic heterocycles. The van der Waals surface area contributed by atoms with E-state index in [4.69, 9.17) is 29.1 Å². The van der Waals surface area contributed by atoms with Crippen LogP contribution in [0.3, 0.4) is 0 Å². The highest BCUT2D eigenvalue weighted by molar-refractivity contribution is 7.80. The molecule has 7 heteroatoms. The van der Waals surface area contributed by atoms with Crippen LogP contribution in [0, 0.1) is 11.3 Å². The smallest absolute Gasteiger partial charge is 0.280 e. The molecule has 0 unspecified atom stereocenters. The van der Waals surface area contributed by atoms with E-state index in [1.54, 1.807) is 24.3 Å². The molecule has 0 atom stereocenters. The van der Waals surface area contributed by atoms with Crippen molar-refractivity contribution in [3.8, 4) is 6.07 Å². The number of carbonyl (C=O) groups excluding carboxylic acids is 1. The summed E-state index contributed by atoms with van der Waals surface area (Å²) in [5.74, 6) is -0.593. The first-order chi connectivity index (χ1) is 11.6. The number of benzene rings is 2. The molecule has 0 aliphatic rings. The molecule has 0 bridgehead atoms. The number of anilines is 1. The monoisotopic (exact) mass is 356 g/mol. The molecular formula is C17H13ClN4OS. The summed E-state index contributed by atoms with van der Waals surface area (Å²) in [7, 11) is 0.